The van der Waals surface area contributed by atoms with Gasteiger partial charge in [-0.05, 0) is 54.5 Å². The summed E-state index contributed by atoms with van der Waals surface area (Å²) in [5.74, 6) is 0. The van der Waals surface area contributed by atoms with Crippen LogP contribution in [0.3, 0.4) is 0 Å². The molecule has 0 bridgehead atoms. The average Bonchev–Trinajstić information content (AvgIpc) is 3.29. The van der Waals surface area contributed by atoms with Crippen molar-refractivity contribution in [3.63, 3.8) is 0 Å². The van der Waals surface area contributed by atoms with Crippen molar-refractivity contribution in [2.45, 2.75) is 11.3 Å². The molecule has 3 aromatic rings. The Morgan fingerprint density at radius 1 is 1.03 bits per heavy atom. The molecule has 0 unspecified atom stereocenters. The lowest BCUT2D eigenvalue weighted by molar-refractivity contribution is 0.0730. The van der Waals surface area contributed by atoms with Gasteiger partial charge < -0.3 is 19.9 Å². The van der Waals surface area contributed by atoms with Gasteiger partial charge in [-0.3, -0.25) is 0 Å². The van der Waals surface area contributed by atoms with Crippen LogP contribution in [-0.2, 0) is 14.8 Å². The van der Waals surface area contributed by atoms with E-state index < -0.39 is 10.0 Å². The van der Waals surface area contributed by atoms with Crippen LogP contribution >= 0.6 is 12.2 Å². The van der Waals surface area contributed by atoms with Gasteiger partial charge in [-0.25, -0.2) is 8.42 Å². The van der Waals surface area contributed by atoms with Gasteiger partial charge in [0.25, 0.3) is 0 Å². The average molecular weight is 483 g/mol. The number of H-pyrrole nitrogens is 1. The minimum Gasteiger partial charge on any atom is -0.379 e. The molecule has 0 amide bonds. The standard InChI is InChI=1S/C24H26N4O3S2/c29-33(30,28-13-15-31-16-14-28)20-7-5-19(6-8-20)26-24(32)27-11-9-18(10-12-27)22-17-25-23-4-2-1-3-21(22)23/h1-9,17,25H,10-16H2,(H,26,32). The highest BCUT2D eigenvalue weighted by molar-refractivity contribution is 7.89. The number of anilines is 1. The van der Waals surface area contributed by atoms with Gasteiger partial charge in [0.05, 0.1) is 18.1 Å². The Morgan fingerprint density at radius 3 is 2.52 bits per heavy atom. The molecule has 2 N–H and O–H groups in total. The van der Waals surface area contributed by atoms with E-state index in [1.165, 1.54) is 20.8 Å². The second-order valence-corrected chi connectivity index (χ2v) is 10.5. The topological polar surface area (TPSA) is 77.7 Å². The molecule has 2 aliphatic rings. The Hall–Kier alpha value is -2.72. The van der Waals surface area contributed by atoms with Crippen molar-refractivity contribution in [1.82, 2.24) is 14.2 Å². The number of hydrogen-bond donors (Lipinski definition) is 2. The predicted octanol–water partition coefficient (Wildman–Crippen LogP) is 3.67. The number of morpholine rings is 1. The van der Waals surface area contributed by atoms with E-state index in [2.05, 4.69) is 45.7 Å². The largest absolute Gasteiger partial charge is 0.379 e. The number of thiocarbonyl (C=S) groups is 1. The summed E-state index contributed by atoms with van der Waals surface area (Å²) in [6.07, 6.45) is 5.21. The number of hydrogen-bond acceptors (Lipinski definition) is 4. The highest BCUT2D eigenvalue weighted by Gasteiger charge is 2.26. The molecular formula is C24H26N4O3S2. The fraction of sp³-hybridized carbons (Fsp3) is 0.292. The molecule has 0 saturated carbocycles. The maximum absolute atomic E-state index is 12.8. The lowest BCUT2D eigenvalue weighted by Crippen LogP contribution is -2.40. The first-order valence-corrected chi connectivity index (χ1v) is 12.9. The summed E-state index contributed by atoms with van der Waals surface area (Å²) in [5, 5.41) is 5.12. The van der Waals surface area contributed by atoms with Crippen LogP contribution in [0.2, 0.25) is 0 Å². The quantitative estimate of drug-likeness (QED) is 0.553. The van der Waals surface area contributed by atoms with E-state index in [-0.39, 0.29) is 4.90 Å². The SMILES string of the molecule is O=S(=O)(c1ccc(NC(=S)N2CC=C(c3c[nH]c4ccccc34)CC2)cc1)N1CCOCC1. The predicted molar refractivity (Wildman–Crippen MR) is 135 cm³/mol. The molecule has 1 saturated heterocycles. The fourth-order valence-electron chi connectivity index (χ4n) is 4.28. The maximum Gasteiger partial charge on any atom is 0.243 e. The van der Waals surface area contributed by atoms with E-state index in [4.69, 9.17) is 17.0 Å². The number of benzene rings is 2. The highest BCUT2D eigenvalue weighted by atomic mass is 32.2. The monoisotopic (exact) mass is 482 g/mol. The fourth-order valence-corrected chi connectivity index (χ4v) is 5.98. The number of rotatable bonds is 4. The minimum absolute atomic E-state index is 0.283. The number of nitrogens with one attached hydrogen (secondary N) is 2. The molecule has 3 heterocycles. The zero-order valence-electron chi connectivity index (χ0n) is 18.2. The van der Waals surface area contributed by atoms with Crippen LogP contribution in [0.15, 0.2) is 65.7 Å². The Kier molecular flexibility index (Phi) is 6.20. The van der Waals surface area contributed by atoms with Gasteiger partial charge in [-0.2, -0.15) is 4.31 Å². The molecule has 0 radical (unpaired) electrons. The Labute approximate surface area is 199 Å². The van der Waals surface area contributed by atoms with E-state index in [9.17, 15) is 8.42 Å². The zero-order chi connectivity index (χ0) is 22.8. The summed E-state index contributed by atoms with van der Waals surface area (Å²) in [6.45, 7) is 3.18. The third-order valence-electron chi connectivity index (χ3n) is 6.14. The highest BCUT2D eigenvalue weighted by Crippen LogP contribution is 2.29. The van der Waals surface area contributed by atoms with Gasteiger partial charge in [0, 0.05) is 54.5 Å². The molecule has 0 aliphatic carbocycles. The molecule has 0 atom stereocenters. The normalized spacial score (nSPS) is 17.7. The number of ether oxygens (including phenoxy) is 1. The van der Waals surface area contributed by atoms with Crippen molar-refractivity contribution in [1.29, 1.82) is 0 Å². The second-order valence-electron chi connectivity index (χ2n) is 8.14. The van der Waals surface area contributed by atoms with Crippen LogP contribution in [0.1, 0.15) is 12.0 Å². The molecule has 1 aromatic heterocycles. The van der Waals surface area contributed by atoms with Crippen LogP contribution < -0.4 is 5.32 Å². The summed E-state index contributed by atoms with van der Waals surface area (Å²) in [4.78, 5) is 5.74. The van der Waals surface area contributed by atoms with Gasteiger partial charge in [0.15, 0.2) is 5.11 Å². The second kappa shape index (κ2) is 9.26. The first-order chi connectivity index (χ1) is 16.0. The van der Waals surface area contributed by atoms with Crippen LogP contribution in [0.25, 0.3) is 16.5 Å². The number of fused-ring (bicyclic) bond motifs is 1. The Bertz CT molecular complexity index is 1290. The maximum atomic E-state index is 12.8. The van der Waals surface area contributed by atoms with Gasteiger partial charge in [0.1, 0.15) is 0 Å². The summed E-state index contributed by atoms with van der Waals surface area (Å²) in [6, 6.07) is 15.1. The summed E-state index contributed by atoms with van der Waals surface area (Å²) < 4.78 is 32.3. The van der Waals surface area contributed by atoms with Crippen LogP contribution in [0, 0.1) is 0 Å². The third kappa shape index (κ3) is 4.54. The smallest absolute Gasteiger partial charge is 0.243 e. The molecular weight excluding hydrogens is 456 g/mol. The van der Waals surface area contributed by atoms with Crippen molar-refractivity contribution in [2.24, 2.45) is 0 Å². The minimum atomic E-state index is -3.50. The number of para-hydroxylation sites is 1. The van der Waals surface area contributed by atoms with E-state index in [1.54, 1.807) is 24.3 Å². The molecule has 2 aromatic carbocycles. The Morgan fingerprint density at radius 2 is 1.79 bits per heavy atom. The van der Waals surface area contributed by atoms with Crippen molar-refractivity contribution in [3.8, 4) is 0 Å². The molecule has 1 fully saturated rings. The lowest BCUT2D eigenvalue weighted by atomic mass is 9.99. The molecule has 7 nitrogen and oxygen atoms in total. The van der Waals surface area contributed by atoms with E-state index >= 15 is 0 Å². The van der Waals surface area contributed by atoms with Crippen molar-refractivity contribution in [3.05, 3.63) is 66.4 Å². The number of aromatic amines is 1. The number of aromatic nitrogens is 1. The molecule has 2 aliphatic heterocycles. The number of nitrogens with zero attached hydrogens (tertiary/aromatic N) is 2. The summed E-state index contributed by atoms with van der Waals surface area (Å²) in [7, 11) is -3.50. The summed E-state index contributed by atoms with van der Waals surface area (Å²) >= 11 is 5.62. The van der Waals surface area contributed by atoms with Crippen molar-refractivity contribution in [2.75, 3.05) is 44.7 Å². The van der Waals surface area contributed by atoms with Gasteiger partial charge in [-0.1, -0.05) is 24.3 Å². The molecule has 9 heteroatoms. The Balaban J connectivity index is 1.22. The van der Waals surface area contributed by atoms with Crippen LogP contribution in [-0.4, -0.2) is 67.1 Å². The van der Waals surface area contributed by atoms with E-state index in [0.29, 0.717) is 31.4 Å². The molecule has 172 valence electrons. The van der Waals surface area contributed by atoms with Gasteiger partial charge >= 0.3 is 0 Å². The van der Waals surface area contributed by atoms with Crippen LogP contribution in [0.5, 0.6) is 0 Å². The lowest BCUT2D eigenvalue weighted by Gasteiger charge is -2.29. The zero-order valence-corrected chi connectivity index (χ0v) is 19.8. The molecule has 33 heavy (non-hydrogen) atoms. The molecule has 0 spiro atoms. The van der Waals surface area contributed by atoms with Crippen molar-refractivity contribution < 1.29 is 13.2 Å². The molecule has 5 rings (SSSR count). The van der Waals surface area contributed by atoms with Gasteiger partial charge in [0.2, 0.25) is 10.0 Å². The summed E-state index contributed by atoms with van der Waals surface area (Å²) in [5.41, 5.74) is 4.49. The van der Waals surface area contributed by atoms with E-state index in [1.807, 2.05) is 6.07 Å². The third-order valence-corrected chi connectivity index (χ3v) is 8.42. The first kappa shape index (κ1) is 22.1. The number of sulfonamides is 1. The first-order valence-electron chi connectivity index (χ1n) is 11.0. The van der Waals surface area contributed by atoms with E-state index in [0.717, 1.165) is 30.7 Å². The van der Waals surface area contributed by atoms with Gasteiger partial charge in [-0.15, -0.1) is 0 Å². The van der Waals surface area contributed by atoms with Crippen LogP contribution in [0.4, 0.5) is 5.69 Å². The van der Waals surface area contributed by atoms with Crippen molar-refractivity contribution >= 4 is 49.5 Å².